The average molecular weight is 230 g/mol. The van der Waals surface area contributed by atoms with Gasteiger partial charge in [-0.3, -0.25) is 4.90 Å². The summed E-state index contributed by atoms with van der Waals surface area (Å²) in [6, 6.07) is 0.205. The van der Waals surface area contributed by atoms with E-state index >= 15 is 0 Å². The summed E-state index contributed by atoms with van der Waals surface area (Å²) in [4.78, 5) is 12.8. The molecule has 1 rings (SSSR count). The normalized spacial score (nSPS) is 31.0. The summed E-state index contributed by atoms with van der Waals surface area (Å²) >= 11 is 0. The van der Waals surface area contributed by atoms with Crippen molar-refractivity contribution in [1.29, 1.82) is 0 Å². The van der Waals surface area contributed by atoms with Gasteiger partial charge in [0.05, 0.1) is 0 Å². The smallest absolute Gasteiger partial charge is 0.336 e. The van der Waals surface area contributed by atoms with Crippen LogP contribution < -0.4 is 5.73 Å². The van der Waals surface area contributed by atoms with Gasteiger partial charge in [0.25, 0.3) is 0 Å². The number of hydrogen-bond acceptors (Lipinski definition) is 4. The number of carboxylic acids is 1. The number of likely N-dealkylation sites (tertiary alicyclic amines) is 1. The first-order chi connectivity index (χ1) is 7.36. The highest BCUT2D eigenvalue weighted by atomic mass is 16.4. The molecule has 1 heterocycles. The molecule has 3 unspecified atom stereocenters. The molecule has 0 aliphatic carbocycles. The van der Waals surface area contributed by atoms with E-state index in [-0.39, 0.29) is 12.6 Å². The molecule has 1 aliphatic heterocycles. The summed E-state index contributed by atoms with van der Waals surface area (Å²) in [7, 11) is 0. The summed E-state index contributed by atoms with van der Waals surface area (Å²) in [6.07, 6.45) is 1.86. The van der Waals surface area contributed by atoms with Gasteiger partial charge in [0.1, 0.15) is 0 Å². The molecule has 0 radical (unpaired) electrons. The zero-order valence-corrected chi connectivity index (χ0v) is 10.0. The predicted molar refractivity (Wildman–Crippen MR) is 61.1 cm³/mol. The van der Waals surface area contributed by atoms with Gasteiger partial charge in [0.2, 0.25) is 0 Å². The zero-order chi connectivity index (χ0) is 12.3. The topological polar surface area (TPSA) is 86.8 Å². The third kappa shape index (κ3) is 3.17. The molecule has 16 heavy (non-hydrogen) atoms. The molecule has 0 aromatic heterocycles. The standard InChI is InChI=1S/C11H22N2O3/c1-3-8-6-13(5-4-9(8)12)7-11(2,16)10(14)15/h8-9,16H,3-7,12H2,1-2H3,(H,14,15). The lowest BCUT2D eigenvalue weighted by Crippen LogP contribution is -2.53. The van der Waals surface area contributed by atoms with Crippen molar-refractivity contribution in [3.63, 3.8) is 0 Å². The second-order valence-corrected chi connectivity index (χ2v) is 4.93. The Morgan fingerprint density at radius 1 is 1.62 bits per heavy atom. The quantitative estimate of drug-likeness (QED) is 0.627. The minimum Gasteiger partial charge on any atom is -0.479 e. The van der Waals surface area contributed by atoms with E-state index in [2.05, 4.69) is 6.92 Å². The Bertz CT molecular complexity index is 256. The number of aliphatic hydroxyl groups is 1. The number of rotatable bonds is 4. The van der Waals surface area contributed by atoms with Crippen LogP contribution >= 0.6 is 0 Å². The molecule has 0 aromatic rings. The van der Waals surface area contributed by atoms with E-state index in [9.17, 15) is 9.90 Å². The van der Waals surface area contributed by atoms with Crippen molar-refractivity contribution >= 4 is 5.97 Å². The molecule has 5 heteroatoms. The number of carboxylic acid groups (broad SMARTS) is 1. The molecule has 0 aromatic carbocycles. The zero-order valence-electron chi connectivity index (χ0n) is 10.0. The third-order valence-electron chi connectivity index (χ3n) is 3.39. The van der Waals surface area contributed by atoms with Crippen LogP contribution in [0.15, 0.2) is 0 Å². The molecule has 0 amide bonds. The van der Waals surface area contributed by atoms with Crippen molar-refractivity contribution in [1.82, 2.24) is 4.90 Å². The van der Waals surface area contributed by atoms with Gasteiger partial charge in [-0.1, -0.05) is 13.3 Å². The number of nitrogens with zero attached hydrogens (tertiary/aromatic N) is 1. The van der Waals surface area contributed by atoms with E-state index in [4.69, 9.17) is 10.8 Å². The van der Waals surface area contributed by atoms with Crippen molar-refractivity contribution in [3.05, 3.63) is 0 Å². The summed E-state index contributed by atoms with van der Waals surface area (Å²) in [5.41, 5.74) is 4.30. The van der Waals surface area contributed by atoms with Crippen LogP contribution in [0.5, 0.6) is 0 Å². The van der Waals surface area contributed by atoms with Crippen molar-refractivity contribution < 1.29 is 15.0 Å². The lowest BCUT2D eigenvalue weighted by atomic mass is 9.90. The van der Waals surface area contributed by atoms with Gasteiger partial charge in [-0.25, -0.2) is 4.79 Å². The second kappa shape index (κ2) is 5.12. The van der Waals surface area contributed by atoms with E-state index in [1.807, 2.05) is 4.90 Å². The summed E-state index contributed by atoms with van der Waals surface area (Å²) in [6.45, 7) is 5.14. The Kier molecular flexibility index (Phi) is 4.29. The maximum absolute atomic E-state index is 10.8. The van der Waals surface area contributed by atoms with E-state index in [1.54, 1.807) is 0 Å². The van der Waals surface area contributed by atoms with E-state index in [1.165, 1.54) is 6.92 Å². The van der Waals surface area contributed by atoms with Crippen molar-refractivity contribution in [2.45, 2.75) is 38.3 Å². The summed E-state index contributed by atoms with van der Waals surface area (Å²) in [5, 5.41) is 18.5. The van der Waals surface area contributed by atoms with Crippen LogP contribution in [0.25, 0.3) is 0 Å². The summed E-state index contributed by atoms with van der Waals surface area (Å²) in [5.74, 6) is -0.770. The molecule has 4 N–H and O–H groups in total. The number of aliphatic carboxylic acids is 1. The number of nitrogens with two attached hydrogens (primary N) is 1. The number of hydrogen-bond donors (Lipinski definition) is 3. The fraction of sp³-hybridized carbons (Fsp3) is 0.909. The van der Waals surface area contributed by atoms with Gasteiger partial charge in [-0.15, -0.1) is 0 Å². The van der Waals surface area contributed by atoms with Crippen LogP contribution in [0.3, 0.4) is 0 Å². The van der Waals surface area contributed by atoms with Crippen LogP contribution in [0.2, 0.25) is 0 Å². The maximum Gasteiger partial charge on any atom is 0.336 e. The highest BCUT2D eigenvalue weighted by Gasteiger charge is 2.35. The molecule has 0 spiro atoms. The van der Waals surface area contributed by atoms with E-state index in [0.29, 0.717) is 5.92 Å². The molecular weight excluding hydrogens is 208 g/mol. The highest BCUT2D eigenvalue weighted by Crippen LogP contribution is 2.20. The van der Waals surface area contributed by atoms with Gasteiger partial charge >= 0.3 is 5.97 Å². The van der Waals surface area contributed by atoms with Crippen molar-refractivity contribution in [2.75, 3.05) is 19.6 Å². The average Bonchev–Trinajstić information content (AvgIpc) is 2.20. The Morgan fingerprint density at radius 2 is 2.25 bits per heavy atom. The van der Waals surface area contributed by atoms with E-state index < -0.39 is 11.6 Å². The minimum atomic E-state index is -1.67. The molecule has 1 saturated heterocycles. The molecule has 3 atom stereocenters. The lowest BCUT2D eigenvalue weighted by molar-refractivity contribution is -0.158. The molecule has 0 saturated carbocycles. The van der Waals surface area contributed by atoms with Gasteiger partial charge in [-0.2, -0.15) is 0 Å². The Labute approximate surface area is 96.2 Å². The second-order valence-electron chi connectivity index (χ2n) is 4.93. The number of carbonyl (C=O) groups is 1. The molecule has 5 nitrogen and oxygen atoms in total. The first-order valence-electron chi connectivity index (χ1n) is 5.80. The first-order valence-corrected chi connectivity index (χ1v) is 5.80. The van der Waals surface area contributed by atoms with Gasteiger partial charge in [0.15, 0.2) is 5.60 Å². The Hall–Kier alpha value is -0.650. The van der Waals surface area contributed by atoms with Gasteiger partial charge in [-0.05, 0) is 25.8 Å². The SMILES string of the molecule is CCC1CN(CC(C)(O)C(=O)O)CCC1N. The Morgan fingerprint density at radius 3 is 2.75 bits per heavy atom. The highest BCUT2D eigenvalue weighted by molar-refractivity contribution is 5.76. The monoisotopic (exact) mass is 230 g/mol. The predicted octanol–water partition coefficient (Wildman–Crippen LogP) is -0.119. The van der Waals surface area contributed by atoms with Crippen LogP contribution in [-0.2, 0) is 4.79 Å². The largest absolute Gasteiger partial charge is 0.479 e. The molecule has 1 fully saturated rings. The Balaban J connectivity index is 2.53. The molecule has 0 bridgehead atoms. The molecular formula is C11H22N2O3. The van der Waals surface area contributed by atoms with Crippen LogP contribution in [0.1, 0.15) is 26.7 Å². The molecule has 94 valence electrons. The van der Waals surface area contributed by atoms with Crippen molar-refractivity contribution in [2.24, 2.45) is 11.7 Å². The summed E-state index contributed by atoms with van der Waals surface area (Å²) < 4.78 is 0. The molecule has 1 aliphatic rings. The van der Waals surface area contributed by atoms with Gasteiger partial charge in [0, 0.05) is 19.1 Å². The van der Waals surface area contributed by atoms with Crippen LogP contribution in [-0.4, -0.2) is 52.4 Å². The van der Waals surface area contributed by atoms with E-state index in [0.717, 1.165) is 25.9 Å². The number of piperidine rings is 1. The maximum atomic E-state index is 10.8. The third-order valence-corrected chi connectivity index (χ3v) is 3.39. The lowest BCUT2D eigenvalue weighted by Gasteiger charge is -2.38. The van der Waals surface area contributed by atoms with Crippen LogP contribution in [0, 0.1) is 5.92 Å². The fourth-order valence-electron chi connectivity index (χ4n) is 2.20. The first kappa shape index (κ1) is 13.4. The minimum absolute atomic E-state index is 0.172. The van der Waals surface area contributed by atoms with Crippen LogP contribution in [0.4, 0.5) is 0 Å². The van der Waals surface area contributed by atoms with Crippen molar-refractivity contribution in [3.8, 4) is 0 Å². The fourth-order valence-corrected chi connectivity index (χ4v) is 2.20. The van der Waals surface area contributed by atoms with Gasteiger partial charge < -0.3 is 15.9 Å². The number of β-amino-alcohol motifs (C(OH)–C–C–N with tert-alkyl or cyclic N) is 1.